The number of hydrogen-bond acceptors (Lipinski definition) is 3. The lowest BCUT2D eigenvalue weighted by Gasteiger charge is -2.56. The largest absolute Gasteiger partial charge is 0.312 e. The number of benzene rings is 2. The Bertz CT molecular complexity index is 1190. The zero-order chi connectivity index (χ0) is 25.6. The number of amides is 1. The minimum Gasteiger partial charge on any atom is -0.312 e. The van der Waals surface area contributed by atoms with Gasteiger partial charge in [-0.2, -0.15) is 0 Å². The lowest BCUT2D eigenvalue weighted by Crippen LogP contribution is -2.55. The highest BCUT2D eigenvalue weighted by atomic mass is 16.2. The number of para-hydroxylation sites is 1. The van der Waals surface area contributed by atoms with Gasteiger partial charge in [-0.3, -0.25) is 14.6 Å². The molecule has 2 aromatic carbocycles. The molecule has 1 heterocycles. The number of Topliss-reactive ketones (excluding diaryl/α,β-unsaturated/α-hetero) is 1. The van der Waals surface area contributed by atoms with Crippen LogP contribution in [0.15, 0.2) is 65.7 Å². The lowest BCUT2D eigenvalue weighted by atomic mass is 9.49. The molecule has 3 aliphatic carbocycles. The Morgan fingerprint density at radius 1 is 0.946 bits per heavy atom. The highest BCUT2D eigenvalue weighted by Crippen LogP contribution is 2.64. The van der Waals surface area contributed by atoms with Crippen molar-refractivity contribution < 1.29 is 9.59 Å². The van der Waals surface area contributed by atoms with E-state index in [0.29, 0.717) is 48.8 Å². The lowest BCUT2D eigenvalue weighted by molar-refractivity contribution is -0.129. The fourth-order valence-corrected chi connectivity index (χ4v) is 8.66. The van der Waals surface area contributed by atoms with Crippen LogP contribution in [-0.2, 0) is 16.0 Å². The molecule has 3 saturated carbocycles. The Balaban J connectivity index is 1.25. The number of ketones is 1. The summed E-state index contributed by atoms with van der Waals surface area (Å²) in [6, 6.07) is 20.8. The Hall–Kier alpha value is -2.75. The van der Waals surface area contributed by atoms with Crippen LogP contribution < -0.4 is 4.90 Å². The summed E-state index contributed by atoms with van der Waals surface area (Å²) in [6.07, 6.45) is 7.44. The molecule has 0 spiro atoms. The zero-order valence-electron chi connectivity index (χ0n) is 22.4. The third kappa shape index (κ3) is 4.17. The molecule has 0 N–H and O–H groups in total. The maximum absolute atomic E-state index is 14.4. The van der Waals surface area contributed by atoms with Gasteiger partial charge in [-0.25, -0.2) is 0 Å². The van der Waals surface area contributed by atoms with E-state index in [1.54, 1.807) is 0 Å². The maximum Gasteiger partial charge on any atom is 0.230 e. The maximum atomic E-state index is 14.4. The molecule has 1 aliphatic heterocycles. The number of rotatable bonds is 5. The fraction of sp³-hybridized carbons (Fsp3) is 0.545. The summed E-state index contributed by atoms with van der Waals surface area (Å²) in [5, 5.41) is 0. The number of hydrogen-bond donors (Lipinski definition) is 0. The Kier molecular flexibility index (Phi) is 6.33. The van der Waals surface area contributed by atoms with E-state index in [2.05, 4.69) is 55.1 Å². The van der Waals surface area contributed by atoms with Gasteiger partial charge in [-0.1, -0.05) is 62.4 Å². The third-order valence-electron chi connectivity index (χ3n) is 10.8. The molecule has 6 atom stereocenters. The summed E-state index contributed by atoms with van der Waals surface area (Å²) in [4.78, 5) is 33.7. The second-order valence-corrected chi connectivity index (χ2v) is 12.5. The normalized spacial score (nSPS) is 34.6. The van der Waals surface area contributed by atoms with Gasteiger partial charge in [0.1, 0.15) is 5.78 Å². The molecule has 3 fully saturated rings. The molecule has 0 radical (unpaired) electrons. The standard InChI is InChI=1S/C33H40N2O2/c1-32-19-16-28-26(22-34-30-21-25(36)15-18-33(28,30)2)27(32)13-14-29(32)31(37)35(24-11-7-4-8-12-24)20-17-23-9-5-3-6-10-23/h3-12,26-29H,13-22H2,1-2H3/t26-,27-,28+,29?,32-,33+/m0/s1. The first kappa shape index (κ1) is 24.6. The van der Waals surface area contributed by atoms with E-state index < -0.39 is 0 Å². The highest BCUT2D eigenvalue weighted by Gasteiger charge is 2.60. The summed E-state index contributed by atoms with van der Waals surface area (Å²) < 4.78 is 0. The van der Waals surface area contributed by atoms with E-state index >= 15 is 0 Å². The topological polar surface area (TPSA) is 49.7 Å². The number of fused-ring (bicyclic) bond motifs is 5. The number of anilines is 1. The molecule has 0 bridgehead atoms. The van der Waals surface area contributed by atoms with E-state index in [9.17, 15) is 9.59 Å². The molecule has 1 amide bonds. The van der Waals surface area contributed by atoms with Crippen molar-refractivity contribution in [3.05, 3.63) is 66.2 Å². The van der Waals surface area contributed by atoms with Crippen molar-refractivity contribution in [3.8, 4) is 0 Å². The molecular formula is C33H40N2O2. The van der Waals surface area contributed by atoms with Gasteiger partial charge in [0.2, 0.25) is 5.91 Å². The van der Waals surface area contributed by atoms with Gasteiger partial charge in [0, 0.05) is 48.7 Å². The van der Waals surface area contributed by atoms with Gasteiger partial charge in [0.05, 0.1) is 0 Å². The van der Waals surface area contributed by atoms with Crippen LogP contribution in [0.1, 0.15) is 64.4 Å². The van der Waals surface area contributed by atoms with Crippen LogP contribution in [0, 0.1) is 34.5 Å². The second kappa shape index (κ2) is 9.53. The van der Waals surface area contributed by atoms with Gasteiger partial charge < -0.3 is 4.90 Å². The number of carbonyl (C=O) groups is 2. The van der Waals surface area contributed by atoms with Crippen molar-refractivity contribution >= 4 is 23.1 Å². The Morgan fingerprint density at radius 2 is 1.68 bits per heavy atom. The molecule has 194 valence electrons. The number of aliphatic imine (C=N–C) groups is 1. The summed E-state index contributed by atoms with van der Waals surface area (Å²) in [7, 11) is 0. The van der Waals surface area contributed by atoms with Crippen molar-refractivity contribution in [1.82, 2.24) is 0 Å². The highest BCUT2D eigenvalue weighted by molar-refractivity contribution is 6.07. The first-order valence-corrected chi connectivity index (χ1v) is 14.4. The van der Waals surface area contributed by atoms with Crippen molar-refractivity contribution in [2.45, 2.75) is 65.2 Å². The van der Waals surface area contributed by atoms with Crippen LogP contribution >= 0.6 is 0 Å². The van der Waals surface area contributed by atoms with Gasteiger partial charge >= 0.3 is 0 Å². The molecule has 6 rings (SSSR count). The average molecular weight is 497 g/mol. The monoisotopic (exact) mass is 496 g/mol. The van der Waals surface area contributed by atoms with Crippen molar-refractivity contribution in [2.75, 3.05) is 18.0 Å². The van der Waals surface area contributed by atoms with E-state index in [0.717, 1.165) is 50.8 Å². The second-order valence-electron chi connectivity index (χ2n) is 12.5. The van der Waals surface area contributed by atoms with Gasteiger partial charge in [-0.05, 0) is 79.4 Å². The van der Waals surface area contributed by atoms with Crippen molar-refractivity contribution in [2.24, 2.45) is 39.5 Å². The van der Waals surface area contributed by atoms with Crippen LogP contribution in [0.2, 0.25) is 0 Å². The summed E-state index contributed by atoms with van der Waals surface area (Å²) in [5.41, 5.74) is 3.55. The quantitative estimate of drug-likeness (QED) is 0.472. The summed E-state index contributed by atoms with van der Waals surface area (Å²) in [6.45, 7) is 6.35. The molecule has 4 nitrogen and oxygen atoms in total. The van der Waals surface area contributed by atoms with E-state index in [-0.39, 0.29) is 16.7 Å². The molecular weight excluding hydrogens is 456 g/mol. The SMILES string of the molecule is C[C@]12CCC(=O)CC1=NC[C@@H]1[C@H]2CC[C@]2(C)C(C(=O)N(CCc3ccccc3)c3ccccc3)CC[C@@H]12. The molecule has 1 unspecified atom stereocenters. The average Bonchev–Trinajstić information content (AvgIpc) is 3.27. The minimum atomic E-state index is 0.0197. The third-order valence-corrected chi connectivity index (χ3v) is 10.8. The molecule has 2 aromatic rings. The van der Waals surface area contributed by atoms with Crippen LogP contribution in [0.5, 0.6) is 0 Å². The van der Waals surface area contributed by atoms with Crippen LogP contribution in [0.25, 0.3) is 0 Å². The molecule has 0 saturated heterocycles. The van der Waals surface area contributed by atoms with Crippen LogP contribution in [-0.4, -0.2) is 30.5 Å². The predicted molar refractivity (Wildman–Crippen MR) is 149 cm³/mol. The smallest absolute Gasteiger partial charge is 0.230 e. The summed E-state index contributed by atoms with van der Waals surface area (Å²) >= 11 is 0. The predicted octanol–water partition coefficient (Wildman–Crippen LogP) is 6.53. The van der Waals surface area contributed by atoms with Gasteiger partial charge in [0.15, 0.2) is 0 Å². The first-order chi connectivity index (χ1) is 17.9. The van der Waals surface area contributed by atoms with E-state index in [1.165, 1.54) is 11.3 Å². The zero-order valence-corrected chi connectivity index (χ0v) is 22.4. The fourth-order valence-electron chi connectivity index (χ4n) is 8.66. The molecule has 4 aliphatic rings. The first-order valence-electron chi connectivity index (χ1n) is 14.4. The molecule has 0 aromatic heterocycles. The Morgan fingerprint density at radius 3 is 2.43 bits per heavy atom. The van der Waals surface area contributed by atoms with Crippen molar-refractivity contribution in [3.63, 3.8) is 0 Å². The van der Waals surface area contributed by atoms with E-state index in [4.69, 9.17) is 4.99 Å². The minimum absolute atomic E-state index is 0.0197. The van der Waals surface area contributed by atoms with Crippen LogP contribution in [0.3, 0.4) is 0 Å². The van der Waals surface area contributed by atoms with E-state index in [1.807, 2.05) is 24.3 Å². The molecule has 4 heteroatoms. The number of carbonyl (C=O) groups excluding carboxylic acids is 2. The van der Waals surface area contributed by atoms with Gasteiger partial charge in [-0.15, -0.1) is 0 Å². The van der Waals surface area contributed by atoms with Crippen molar-refractivity contribution in [1.29, 1.82) is 0 Å². The van der Waals surface area contributed by atoms with Crippen LogP contribution in [0.4, 0.5) is 5.69 Å². The molecule has 37 heavy (non-hydrogen) atoms. The van der Waals surface area contributed by atoms with Gasteiger partial charge in [0.25, 0.3) is 0 Å². The Labute approximate surface area is 221 Å². The summed E-state index contributed by atoms with van der Waals surface area (Å²) in [5.74, 6) is 2.39. The number of nitrogens with zero attached hydrogens (tertiary/aromatic N) is 2.